The summed E-state index contributed by atoms with van der Waals surface area (Å²) in [6.07, 6.45) is 2.90. The molecular formula is C21H26O8. The Labute approximate surface area is 168 Å². The number of carbonyl (C=O) groups excluding carboxylic acids is 3. The van der Waals surface area contributed by atoms with E-state index in [1.54, 1.807) is 6.92 Å². The fourth-order valence-corrected chi connectivity index (χ4v) is 5.74. The number of carboxylic acids is 1. The topological polar surface area (TPSA) is 116 Å². The van der Waals surface area contributed by atoms with E-state index in [0.29, 0.717) is 19.3 Å². The Balaban J connectivity index is 1.47. The monoisotopic (exact) mass is 406 g/mol. The standard InChI is InChI=1S/C21H26O8/c1-10(2)19(25)29-21(6-4-3-5-7-21)9-13(22)27-16-11-8-12-15(14(11)18(23)24)20(26)28-17(12)16/h11-12,14-17H,1,3-9H2,2H3,(H,23,24). The van der Waals surface area contributed by atoms with Crippen LogP contribution in [0.1, 0.15) is 51.9 Å². The molecule has 0 spiro atoms. The molecule has 3 aliphatic carbocycles. The summed E-state index contributed by atoms with van der Waals surface area (Å²) in [4.78, 5) is 48.7. The van der Waals surface area contributed by atoms with Crippen molar-refractivity contribution in [2.75, 3.05) is 0 Å². The first-order valence-corrected chi connectivity index (χ1v) is 10.2. The van der Waals surface area contributed by atoms with Gasteiger partial charge in [0.15, 0.2) is 0 Å². The van der Waals surface area contributed by atoms with E-state index in [-0.39, 0.29) is 17.9 Å². The maximum Gasteiger partial charge on any atom is 0.333 e. The van der Waals surface area contributed by atoms with Gasteiger partial charge in [-0.2, -0.15) is 0 Å². The zero-order chi connectivity index (χ0) is 20.9. The number of esters is 3. The number of ether oxygens (including phenoxy) is 3. The molecule has 1 N–H and O–H groups in total. The lowest BCUT2D eigenvalue weighted by molar-refractivity contribution is -0.176. The van der Waals surface area contributed by atoms with Crippen molar-refractivity contribution in [2.45, 2.75) is 69.7 Å². The molecule has 1 heterocycles. The third-order valence-corrected chi connectivity index (χ3v) is 6.99. The Morgan fingerprint density at radius 3 is 2.52 bits per heavy atom. The van der Waals surface area contributed by atoms with Crippen molar-refractivity contribution in [1.29, 1.82) is 0 Å². The van der Waals surface area contributed by atoms with E-state index in [2.05, 4.69) is 6.58 Å². The smallest absolute Gasteiger partial charge is 0.333 e. The van der Waals surface area contributed by atoms with Crippen LogP contribution in [0.25, 0.3) is 0 Å². The van der Waals surface area contributed by atoms with Crippen LogP contribution >= 0.6 is 0 Å². The van der Waals surface area contributed by atoms with Crippen LogP contribution in [0.15, 0.2) is 12.2 Å². The number of hydrogen-bond donors (Lipinski definition) is 1. The molecule has 2 bridgehead atoms. The van der Waals surface area contributed by atoms with Gasteiger partial charge in [-0.05, 0) is 39.0 Å². The molecule has 0 amide bonds. The van der Waals surface area contributed by atoms with Gasteiger partial charge in [-0.15, -0.1) is 0 Å². The van der Waals surface area contributed by atoms with E-state index in [4.69, 9.17) is 14.2 Å². The molecule has 4 aliphatic rings. The molecule has 4 rings (SSSR count). The molecule has 8 nitrogen and oxygen atoms in total. The summed E-state index contributed by atoms with van der Waals surface area (Å²) in [5, 5.41) is 9.56. The van der Waals surface area contributed by atoms with Gasteiger partial charge < -0.3 is 19.3 Å². The van der Waals surface area contributed by atoms with Gasteiger partial charge in [0.05, 0.1) is 18.3 Å². The largest absolute Gasteiger partial charge is 0.481 e. The van der Waals surface area contributed by atoms with Gasteiger partial charge in [0, 0.05) is 17.4 Å². The predicted octanol–water partition coefficient (Wildman–Crippen LogP) is 2.00. The molecular weight excluding hydrogens is 380 g/mol. The van der Waals surface area contributed by atoms with Crippen LogP contribution in [0.4, 0.5) is 0 Å². The quantitative estimate of drug-likeness (QED) is 0.404. The second kappa shape index (κ2) is 7.15. The highest BCUT2D eigenvalue weighted by Gasteiger charge is 2.70. The third kappa shape index (κ3) is 3.32. The Hall–Kier alpha value is -2.38. The minimum Gasteiger partial charge on any atom is -0.481 e. The average molecular weight is 406 g/mol. The molecule has 0 aromatic carbocycles. The lowest BCUT2D eigenvalue weighted by Crippen LogP contribution is -2.45. The van der Waals surface area contributed by atoms with E-state index in [1.807, 2.05) is 0 Å². The predicted molar refractivity (Wildman–Crippen MR) is 97.3 cm³/mol. The zero-order valence-electron chi connectivity index (χ0n) is 16.4. The molecule has 8 heteroatoms. The van der Waals surface area contributed by atoms with Gasteiger partial charge in [0.2, 0.25) is 0 Å². The summed E-state index contributed by atoms with van der Waals surface area (Å²) >= 11 is 0. The van der Waals surface area contributed by atoms with Gasteiger partial charge in [-0.1, -0.05) is 13.0 Å². The molecule has 1 aliphatic heterocycles. The SMILES string of the molecule is C=C(C)C(=O)OC1(CC(=O)OC2C3CC4C2OC(=O)C4C3C(=O)O)CCCCC1. The maximum absolute atomic E-state index is 12.8. The first-order chi connectivity index (χ1) is 13.7. The van der Waals surface area contributed by atoms with E-state index < -0.39 is 59.4 Å². The number of carbonyl (C=O) groups is 4. The molecule has 6 unspecified atom stereocenters. The van der Waals surface area contributed by atoms with E-state index in [9.17, 15) is 24.3 Å². The van der Waals surface area contributed by atoms with E-state index in [0.717, 1.165) is 19.3 Å². The second-order valence-electron chi connectivity index (χ2n) is 8.90. The summed E-state index contributed by atoms with van der Waals surface area (Å²) < 4.78 is 16.7. The highest BCUT2D eigenvalue weighted by molar-refractivity contribution is 5.88. The minimum atomic E-state index is -1.06. The normalized spacial score (nSPS) is 36.4. The van der Waals surface area contributed by atoms with Crippen molar-refractivity contribution in [3.8, 4) is 0 Å². The first-order valence-electron chi connectivity index (χ1n) is 10.2. The van der Waals surface area contributed by atoms with Crippen molar-refractivity contribution in [1.82, 2.24) is 0 Å². The summed E-state index contributed by atoms with van der Waals surface area (Å²) in [5.41, 5.74) is -0.658. The molecule has 4 fully saturated rings. The zero-order valence-corrected chi connectivity index (χ0v) is 16.4. The van der Waals surface area contributed by atoms with E-state index >= 15 is 0 Å². The lowest BCUT2D eigenvalue weighted by Gasteiger charge is -2.37. The van der Waals surface area contributed by atoms with Gasteiger partial charge in [0.1, 0.15) is 17.8 Å². The molecule has 6 atom stereocenters. The highest BCUT2D eigenvalue weighted by Crippen LogP contribution is 2.58. The minimum absolute atomic E-state index is 0.0955. The maximum atomic E-state index is 12.8. The van der Waals surface area contributed by atoms with Crippen molar-refractivity contribution in [3.63, 3.8) is 0 Å². The molecule has 0 aromatic rings. The van der Waals surface area contributed by atoms with E-state index in [1.165, 1.54) is 0 Å². The van der Waals surface area contributed by atoms with Gasteiger partial charge in [-0.25, -0.2) is 4.79 Å². The molecule has 1 saturated heterocycles. The van der Waals surface area contributed by atoms with Crippen LogP contribution in [0.3, 0.4) is 0 Å². The van der Waals surface area contributed by atoms with Crippen LogP contribution < -0.4 is 0 Å². The summed E-state index contributed by atoms with van der Waals surface area (Å²) in [6, 6.07) is 0. The Kier molecular flexibility index (Phi) is 4.91. The number of fused-ring (bicyclic) bond motifs is 1. The fraction of sp³-hybridized carbons (Fsp3) is 0.714. The number of hydrogen-bond acceptors (Lipinski definition) is 7. The van der Waals surface area contributed by atoms with Crippen LogP contribution in [0, 0.1) is 23.7 Å². The fourth-order valence-electron chi connectivity index (χ4n) is 5.74. The van der Waals surface area contributed by atoms with Crippen molar-refractivity contribution in [3.05, 3.63) is 12.2 Å². The van der Waals surface area contributed by atoms with Gasteiger partial charge in [-0.3, -0.25) is 14.4 Å². The van der Waals surface area contributed by atoms with Gasteiger partial charge in [0.25, 0.3) is 0 Å². The van der Waals surface area contributed by atoms with Crippen LogP contribution in [0.5, 0.6) is 0 Å². The summed E-state index contributed by atoms with van der Waals surface area (Å²) in [5.74, 6) is -4.81. The molecule has 29 heavy (non-hydrogen) atoms. The van der Waals surface area contributed by atoms with Crippen LogP contribution in [-0.4, -0.2) is 46.8 Å². The number of rotatable bonds is 6. The van der Waals surface area contributed by atoms with Crippen molar-refractivity contribution in [2.24, 2.45) is 23.7 Å². The summed E-state index contributed by atoms with van der Waals surface area (Å²) in [6.45, 7) is 5.16. The van der Waals surface area contributed by atoms with Crippen molar-refractivity contribution < 1.29 is 38.5 Å². The Morgan fingerprint density at radius 2 is 1.90 bits per heavy atom. The molecule has 0 aromatic heterocycles. The average Bonchev–Trinajstić information content (AvgIpc) is 3.25. The highest BCUT2D eigenvalue weighted by atomic mass is 16.6. The second-order valence-corrected chi connectivity index (χ2v) is 8.90. The number of carboxylic acid groups (broad SMARTS) is 1. The lowest BCUT2D eigenvalue weighted by atomic mass is 9.78. The summed E-state index contributed by atoms with van der Waals surface area (Å²) in [7, 11) is 0. The molecule has 3 saturated carbocycles. The van der Waals surface area contributed by atoms with Crippen LogP contribution in [-0.2, 0) is 33.4 Å². The molecule has 0 radical (unpaired) electrons. The third-order valence-electron chi connectivity index (χ3n) is 6.99. The Bertz CT molecular complexity index is 765. The van der Waals surface area contributed by atoms with Crippen LogP contribution in [0.2, 0.25) is 0 Å². The molecule has 158 valence electrons. The first kappa shape index (κ1) is 19.9. The Morgan fingerprint density at radius 1 is 1.21 bits per heavy atom. The van der Waals surface area contributed by atoms with Crippen molar-refractivity contribution >= 4 is 23.9 Å². The number of aliphatic carboxylic acids is 1. The van der Waals surface area contributed by atoms with Gasteiger partial charge >= 0.3 is 23.9 Å².